The lowest BCUT2D eigenvalue weighted by atomic mass is 9.73. The standard InChI is InChI=1S/C18H20N2O6/c21-16(11-1-4-14-15(9-11)26-10-25-14)19-5-7-20(8-6-19)17(22)12-2-3-13(12)18(23)24/h1,4,9,12-13H,2-3,5-8,10H2,(H,23,24). The maximum Gasteiger partial charge on any atom is 0.307 e. The molecule has 0 bridgehead atoms. The van der Waals surface area contributed by atoms with Gasteiger partial charge in [-0.3, -0.25) is 14.4 Å². The number of carboxylic acids is 1. The number of ether oxygens (including phenoxy) is 2. The molecule has 2 unspecified atom stereocenters. The molecule has 0 aromatic heterocycles. The first kappa shape index (κ1) is 16.7. The molecule has 0 spiro atoms. The van der Waals surface area contributed by atoms with Gasteiger partial charge in [-0.15, -0.1) is 0 Å². The van der Waals surface area contributed by atoms with E-state index < -0.39 is 17.8 Å². The van der Waals surface area contributed by atoms with E-state index in [2.05, 4.69) is 0 Å². The Morgan fingerprint density at radius 2 is 1.58 bits per heavy atom. The van der Waals surface area contributed by atoms with Crippen molar-refractivity contribution in [3.8, 4) is 11.5 Å². The maximum atomic E-state index is 12.7. The van der Waals surface area contributed by atoms with Crippen LogP contribution in [0.25, 0.3) is 0 Å². The Kier molecular flexibility index (Phi) is 4.18. The third-order valence-electron chi connectivity index (χ3n) is 5.41. The van der Waals surface area contributed by atoms with E-state index >= 15 is 0 Å². The number of aliphatic carboxylic acids is 1. The molecule has 138 valence electrons. The molecular formula is C18H20N2O6. The van der Waals surface area contributed by atoms with Crippen LogP contribution < -0.4 is 9.47 Å². The molecule has 1 aliphatic carbocycles. The molecule has 2 atom stereocenters. The van der Waals surface area contributed by atoms with Gasteiger partial charge < -0.3 is 24.4 Å². The summed E-state index contributed by atoms with van der Waals surface area (Å²) in [5, 5.41) is 9.12. The fourth-order valence-corrected chi connectivity index (χ4v) is 3.67. The van der Waals surface area contributed by atoms with Gasteiger partial charge in [-0.2, -0.15) is 0 Å². The summed E-state index contributed by atoms with van der Waals surface area (Å²) in [7, 11) is 0. The molecule has 2 amide bonds. The van der Waals surface area contributed by atoms with Crippen molar-refractivity contribution in [2.24, 2.45) is 11.8 Å². The van der Waals surface area contributed by atoms with E-state index in [1.807, 2.05) is 0 Å². The van der Waals surface area contributed by atoms with Crippen LogP contribution in [-0.2, 0) is 9.59 Å². The van der Waals surface area contributed by atoms with Crippen LogP contribution >= 0.6 is 0 Å². The SMILES string of the molecule is O=C(O)C1CCC1C(=O)N1CCN(C(=O)c2ccc3c(c2)OCO3)CC1. The summed E-state index contributed by atoms with van der Waals surface area (Å²) in [6.45, 7) is 1.88. The first-order valence-electron chi connectivity index (χ1n) is 8.75. The Morgan fingerprint density at radius 1 is 0.923 bits per heavy atom. The van der Waals surface area contributed by atoms with Crippen LogP contribution in [0.1, 0.15) is 23.2 Å². The highest BCUT2D eigenvalue weighted by Gasteiger charge is 2.43. The summed E-state index contributed by atoms with van der Waals surface area (Å²) in [5.41, 5.74) is 0.527. The molecular weight excluding hydrogens is 340 g/mol. The summed E-state index contributed by atoms with van der Waals surface area (Å²) in [5.74, 6) is -0.883. The average Bonchev–Trinajstić information content (AvgIpc) is 3.07. The van der Waals surface area contributed by atoms with Crippen LogP contribution in [-0.4, -0.2) is 65.7 Å². The van der Waals surface area contributed by atoms with Gasteiger partial charge in [0.1, 0.15) is 0 Å². The van der Waals surface area contributed by atoms with Crippen molar-refractivity contribution in [2.75, 3.05) is 33.0 Å². The van der Waals surface area contributed by atoms with Crippen LogP contribution in [0, 0.1) is 11.8 Å². The summed E-state index contributed by atoms with van der Waals surface area (Å²) < 4.78 is 10.6. The number of amides is 2. The number of fused-ring (bicyclic) bond motifs is 1. The minimum atomic E-state index is -0.897. The zero-order valence-corrected chi connectivity index (χ0v) is 14.2. The Morgan fingerprint density at radius 3 is 2.23 bits per heavy atom. The van der Waals surface area contributed by atoms with Gasteiger partial charge in [0.15, 0.2) is 11.5 Å². The van der Waals surface area contributed by atoms with Gasteiger partial charge in [0.2, 0.25) is 12.7 Å². The van der Waals surface area contributed by atoms with Crippen molar-refractivity contribution in [3.05, 3.63) is 23.8 Å². The summed E-state index contributed by atoms with van der Waals surface area (Å²) in [6.07, 6.45) is 1.19. The van der Waals surface area contributed by atoms with E-state index in [1.165, 1.54) is 0 Å². The van der Waals surface area contributed by atoms with E-state index in [9.17, 15) is 14.4 Å². The topological polar surface area (TPSA) is 96.4 Å². The molecule has 3 aliphatic rings. The lowest BCUT2D eigenvalue weighted by Gasteiger charge is -2.40. The molecule has 8 nitrogen and oxygen atoms in total. The Balaban J connectivity index is 1.35. The van der Waals surface area contributed by atoms with Gasteiger partial charge in [0, 0.05) is 31.7 Å². The summed E-state index contributed by atoms with van der Waals surface area (Å²) >= 11 is 0. The zero-order valence-electron chi connectivity index (χ0n) is 14.2. The molecule has 4 rings (SSSR count). The number of carboxylic acid groups (broad SMARTS) is 1. The van der Waals surface area contributed by atoms with Crippen molar-refractivity contribution in [2.45, 2.75) is 12.8 Å². The van der Waals surface area contributed by atoms with Crippen LogP contribution in [0.3, 0.4) is 0 Å². The normalized spacial score (nSPS) is 24.2. The number of piperazine rings is 1. The van der Waals surface area contributed by atoms with E-state index in [0.717, 1.165) is 0 Å². The predicted molar refractivity (Wildman–Crippen MR) is 88.9 cm³/mol. The van der Waals surface area contributed by atoms with Crippen molar-refractivity contribution in [3.63, 3.8) is 0 Å². The quantitative estimate of drug-likeness (QED) is 0.857. The van der Waals surface area contributed by atoms with Crippen LogP contribution in [0.15, 0.2) is 18.2 Å². The lowest BCUT2D eigenvalue weighted by molar-refractivity contribution is -0.157. The Labute approximate surface area is 150 Å². The Bertz CT molecular complexity index is 756. The lowest BCUT2D eigenvalue weighted by Crippen LogP contribution is -2.54. The number of hydrogen-bond acceptors (Lipinski definition) is 5. The van der Waals surface area contributed by atoms with Crippen molar-refractivity contribution < 1.29 is 29.0 Å². The van der Waals surface area contributed by atoms with Crippen molar-refractivity contribution >= 4 is 17.8 Å². The van der Waals surface area contributed by atoms with E-state index in [1.54, 1.807) is 28.0 Å². The number of carbonyl (C=O) groups excluding carboxylic acids is 2. The van der Waals surface area contributed by atoms with E-state index in [0.29, 0.717) is 56.1 Å². The number of benzene rings is 1. The van der Waals surface area contributed by atoms with Gasteiger partial charge in [-0.25, -0.2) is 0 Å². The van der Waals surface area contributed by atoms with Gasteiger partial charge in [-0.1, -0.05) is 0 Å². The minimum Gasteiger partial charge on any atom is -0.481 e. The van der Waals surface area contributed by atoms with Gasteiger partial charge in [-0.05, 0) is 31.0 Å². The zero-order chi connectivity index (χ0) is 18.3. The first-order chi connectivity index (χ1) is 12.5. The number of nitrogens with zero attached hydrogens (tertiary/aromatic N) is 2. The summed E-state index contributed by atoms with van der Waals surface area (Å²) in [4.78, 5) is 39.7. The second-order valence-corrected chi connectivity index (χ2v) is 6.81. The second kappa shape index (κ2) is 6.51. The van der Waals surface area contributed by atoms with Gasteiger partial charge in [0.05, 0.1) is 11.8 Å². The second-order valence-electron chi connectivity index (χ2n) is 6.81. The monoisotopic (exact) mass is 360 g/mol. The molecule has 8 heteroatoms. The molecule has 26 heavy (non-hydrogen) atoms. The maximum absolute atomic E-state index is 12.7. The van der Waals surface area contributed by atoms with Crippen LogP contribution in [0.5, 0.6) is 11.5 Å². The fraction of sp³-hybridized carbons (Fsp3) is 0.500. The fourth-order valence-electron chi connectivity index (χ4n) is 3.67. The summed E-state index contributed by atoms with van der Waals surface area (Å²) in [6, 6.07) is 5.10. The third kappa shape index (κ3) is 2.85. The minimum absolute atomic E-state index is 0.0983. The molecule has 1 aromatic carbocycles. The molecule has 1 aromatic rings. The van der Waals surface area contributed by atoms with Crippen molar-refractivity contribution in [1.29, 1.82) is 0 Å². The molecule has 2 aliphatic heterocycles. The smallest absolute Gasteiger partial charge is 0.307 e. The molecule has 2 heterocycles. The molecule has 0 radical (unpaired) electrons. The molecule has 1 saturated heterocycles. The number of carbonyl (C=O) groups is 3. The first-order valence-corrected chi connectivity index (χ1v) is 8.75. The molecule has 1 N–H and O–H groups in total. The molecule has 1 saturated carbocycles. The van der Waals surface area contributed by atoms with E-state index in [4.69, 9.17) is 14.6 Å². The van der Waals surface area contributed by atoms with Gasteiger partial charge >= 0.3 is 5.97 Å². The highest BCUT2D eigenvalue weighted by atomic mass is 16.7. The Hall–Kier alpha value is -2.77. The van der Waals surface area contributed by atoms with Crippen LogP contribution in [0.4, 0.5) is 0 Å². The largest absolute Gasteiger partial charge is 0.481 e. The average molecular weight is 360 g/mol. The van der Waals surface area contributed by atoms with Crippen molar-refractivity contribution in [1.82, 2.24) is 9.80 Å². The van der Waals surface area contributed by atoms with E-state index in [-0.39, 0.29) is 18.6 Å². The van der Waals surface area contributed by atoms with Gasteiger partial charge in [0.25, 0.3) is 5.91 Å². The van der Waals surface area contributed by atoms with Crippen LogP contribution in [0.2, 0.25) is 0 Å². The third-order valence-corrected chi connectivity index (χ3v) is 5.41. The highest BCUT2D eigenvalue weighted by Crippen LogP contribution is 2.36. The predicted octanol–water partition coefficient (Wildman–Crippen LogP) is 0.810. The number of rotatable bonds is 3. The molecule has 2 fully saturated rings. The number of hydrogen-bond donors (Lipinski definition) is 1. The highest BCUT2D eigenvalue weighted by molar-refractivity contribution is 5.95.